The van der Waals surface area contributed by atoms with Gasteiger partial charge in [0.05, 0.1) is 19.3 Å². The van der Waals surface area contributed by atoms with Crippen LogP contribution in [-0.4, -0.2) is 116 Å². The minimum atomic E-state index is -1.73. The fourth-order valence-corrected chi connectivity index (χ4v) is 5.57. The number of hydrogen-bond donors (Lipinski definition) is 7. The lowest BCUT2D eigenvalue weighted by Gasteiger charge is -2.46. The van der Waals surface area contributed by atoms with Crippen LogP contribution in [0.4, 0.5) is 0 Å². The van der Waals surface area contributed by atoms with E-state index in [1.807, 2.05) is 19.1 Å². The van der Waals surface area contributed by atoms with Gasteiger partial charge in [-0.15, -0.1) is 0 Å². The summed E-state index contributed by atoms with van der Waals surface area (Å²) in [6, 6.07) is 0. The number of aliphatic hydroxyl groups is 7. The third kappa shape index (κ3) is 8.33. The molecular formula is C30H48O11. The Morgan fingerprint density at radius 2 is 1.59 bits per heavy atom. The summed E-state index contributed by atoms with van der Waals surface area (Å²) in [4.78, 5) is 0. The highest BCUT2D eigenvalue weighted by atomic mass is 16.7. The van der Waals surface area contributed by atoms with Gasteiger partial charge in [-0.2, -0.15) is 0 Å². The molecule has 0 amide bonds. The summed E-state index contributed by atoms with van der Waals surface area (Å²) < 4.78 is 22.3. The number of ether oxygens (including phenoxy) is 4. The molecule has 11 heteroatoms. The first-order chi connectivity index (χ1) is 19.3. The maximum Gasteiger partial charge on any atom is 0.187 e. The highest BCUT2D eigenvalue weighted by Gasteiger charge is 2.50. The summed E-state index contributed by atoms with van der Waals surface area (Å²) in [5.74, 6) is 0. The van der Waals surface area contributed by atoms with Crippen LogP contribution in [0.1, 0.15) is 53.9 Å². The van der Waals surface area contributed by atoms with Crippen LogP contribution in [0.15, 0.2) is 47.1 Å². The van der Waals surface area contributed by atoms with Gasteiger partial charge in [0.25, 0.3) is 0 Å². The van der Waals surface area contributed by atoms with Gasteiger partial charge in [0.1, 0.15) is 48.8 Å². The standard InChI is InChI=1S/C30H48O11/c1-16(11-12-19-17(2)9-7-13-30(19,4)5)8-6-10-18(3)38-28-26(37)24(35)27(21(15-32)40-28)41-29-25(36)23(34)22(33)20(14-31)39-29/h6,8,10-12,18,20-29,31-37H,7,9,13-15H2,1-5H3/b10-6+,12-11+,16-8+/t18?,20-,21-,22-,23+,24-,25-,26-,27-,28?,29+/m1/s1. The second kappa shape index (κ2) is 14.8. The molecule has 11 nitrogen and oxygen atoms in total. The van der Waals surface area contributed by atoms with Crippen LogP contribution in [0.2, 0.25) is 0 Å². The Morgan fingerprint density at radius 3 is 2.22 bits per heavy atom. The molecule has 2 saturated heterocycles. The number of aliphatic hydroxyl groups excluding tert-OH is 7. The smallest absolute Gasteiger partial charge is 0.187 e. The van der Waals surface area contributed by atoms with Gasteiger partial charge in [-0.1, -0.05) is 55.4 Å². The molecule has 11 atom stereocenters. The maximum absolute atomic E-state index is 10.8. The molecule has 3 aliphatic rings. The summed E-state index contributed by atoms with van der Waals surface area (Å²) in [7, 11) is 0. The van der Waals surface area contributed by atoms with E-state index >= 15 is 0 Å². The summed E-state index contributed by atoms with van der Waals surface area (Å²) >= 11 is 0. The lowest BCUT2D eigenvalue weighted by Crippen LogP contribution is -2.64. The van der Waals surface area contributed by atoms with Gasteiger partial charge < -0.3 is 54.7 Å². The predicted molar refractivity (Wildman–Crippen MR) is 149 cm³/mol. The predicted octanol–water partition coefficient (Wildman–Crippen LogP) is 0.601. The quantitative estimate of drug-likeness (QED) is 0.179. The fraction of sp³-hybridized carbons (Fsp3) is 0.733. The topological polar surface area (TPSA) is 179 Å². The highest BCUT2D eigenvalue weighted by Crippen LogP contribution is 2.40. The second-order valence-electron chi connectivity index (χ2n) is 11.9. The molecule has 2 aliphatic heterocycles. The maximum atomic E-state index is 10.8. The molecule has 2 fully saturated rings. The molecule has 41 heavy (non-hydrogen) atoms. The van der Waals surface area contributed by atoms with Crippen molar-refractivity contribution in [3.8, 4) is 0 Å². The first-order valence-corrected chi connectivity index (χ1v) is 14.3. The van der Waals surface area contributed by atoms with Gasteiger partial charge in [-0.25, -0.2) is 0 Å². The number of hydrogen-bond acceptors (Lipinski definition) is 11. The van der Waals surface area contributed by atoms with Crippen molar-refractivity contribution < 1.29 is 54.7 Å². The van der Waals surface area contributed by atoms with Gasteiger partial charge in [-0.3, -0.25) is 0 Å². The SMILES string of the molecule is CC1=C(/C=C/C(C)=C/C=C/C(C)OC2O[C@H](CO)[C@@H](O[C@@H]3O[C@H](CO)[C@@H](O)[C@H](O)[C@H]3O)[C@H](O)[C@H]2O)C(C)(C)CCC1. The molecule has 2 unspecified atom stereocenters. The molecule has 3 rings (SSSR count). The zero-order valence-electron chi connectivity index (χ0n) is 24.5. The van der Waals surface area contributed by atoms with Crippen molar-refractivity contribution in [3.63, 3.8) is 0 Å². The molecule has 0 aromatic carbocycles. The van der Waals surface area contributed by atoms with E-state index in [-0.39, 0.29) is 5.41 Å². The molecule has 0 aromatic rings. The van der Waals surface area contributed by atoms with Gasteiger partial charge >= 0.3 is 0 Å². The van der Waals surface area contributed by atoms with Gasteiger partial charge in [0.2, 0.25) is 0 Å². The Hall–Kier alpha value is -1.48. The van der Waals surface area contributed by atoms with Crippen molar-refractivity contribution >= 4 is 0 Å². The van der Waals surface area contributed by atoms with Crippen LogP contribution in [-0.2, 0) is 18.9 Å². The van der Waals surface area contributed by atoms with Gasteiger partial charge in [-0.05, 0) is 51.0 Å². The Kier molecular flexibility index (Phi) is 12.3. The van der Waals surface area contributed by atoms with E-state index in [0.29, 0.717) is 0 Å². The first kappa shape index (κ1) is 34.0. The summed E-state index contributed by atoms with van der Waals surface area (Å²) in [6.07, 6.45) is -2.08. The minimum absolute atomic E-state index is 0.161. The average molecular weight is 585 g/mol. The zero-order chi connectivity index (χ0) is 30.5. The second-order valence-corrected chi connectivity index (χ2v) is 11.9. The molecule has 0 radical (unpaired) electrons. The normalized spacial score (nSPS) is 39.6. The average Bonchev–Trinajstić information content (AvgIpc) is 2.92. The Bertz CT molecular complexity index is 969. The minimum Gasteiger partial charge on any atom is -0.394 e. The van der Waals surface area contributed by atoms with Crippen LogP contribution in [0, 0.1) is 5.41 Å². The molecule has 0 saturated carbocycles. The van der Waals surface area contributed by atoms with E-state index in [0.717, 1.165) is 12.0 Å². The van der Waals surface area contributed by atoms with Gasteiger partial charge in [0.15, 0.2) is 12.6 Å². The van der Waals surface area contributed by atoms with Crippen LogP contribution >= 0.6 is 0 Å². The molecule has 7 N–H and O–H groups in total. The number of allylic oxidation sites excluding steroid dienone is 7. The summed E-state index contributed by atoms with van der Waals surface area (Å²) in [5.41, 5.74) is 4.02. The van der Waals surface area contributed by atoms with E-state index in [4.69, 9.17) is 18.9 Å². The van der Waals surface area contributed by atoms with Gasteiger partial charge in [0, 0.05) is 0 Å². The van der Waals surface area contributed by atoms with E-state index in [1.54, 1.807) is 13.0 Å². The van der Waals surface area contributed by atoms with Crippen molar-refractivity contribution in [1.82, 2.24) is 0 Å². The largest absolute Gasteiger partial charge is 0.394 e. The molecular weight excluding hydrogens is 536 g/mol. The van der Waals surface area contributed by atoms with Crippen molar-refractivity contribution in [2.75, 3.05) is 13.2 Å². The van der Waals surface area contributed by atoms with E-state index in [1.165, 1.54) is 24.0 Å². The third-order valence-electron chi connectivity index (χ3n) is 8.11. The molecule has 0 spiro atoms. The monoisotopic (exact) mass is 584 g/mol. The fourth-order valence-electron chi connectivity index (χ4n) is 5.57. The summed E-state index contributed by atoms with van der Waals surface area (Å²) in [6.45, 7) is 9.20. The van der Waals surface area contributed by atoms with E-state index in [2.05, 4.69) is 32.9 Å². The highest BCUT2D eigenvalue weighted by molar-refractivity contribution is 5.36. The third-order valence-corrected chi connectivity index (χ3v) is 8.11. The van der Waals surface area contributed by atoms with Crippen LogP contribution in [0.25, 0.3) is 0 Å². The molecule has 1 aliphatic carbocycles. The Labute approximate surface area is 242 Å². The Balaban J connectivity index is 1.59. The van der Waals surface area contributed by atoms with E-state index in [9.17, 15) is 35.7 Å². The molecule has 234 valence electrons. The lowest BCUT2D eigenvalue weighted by molar-refractivity contribution is -0.361. The lowest BCUT2D eigenvalue weighted by atomic mass is 9.72. The van der Waals surface area contributed by atoms with Crippen LogP contribution in [0.5, 0.6) is 0 Å². The van der Waals surface area contributed by atoms with Crippen LogP contribution in [0.3, 0.4) is 0 Å². The summed E-state index contributed by atoms with van der Waals surface area (Å²) in [5, 5.41) is 70.9. The van der Waals surface area contributed by atoms with Crippen molar-refractivity contribution in [2.24, 2.45) is 5.41 Å². The van der Waals surface area contributed by atoms with Crippen molar-refractivity contribution in [3.05, 3.63) is 47.1 Å². The van der Waals surface area contributed by atoms with Crippen molar-refractivity contribution in [2.45, 2.75) is 121 Å². The molecule has 0 bridgehead atoms. The van der Waals surface area contributed by atoms with Crippen LogP contribution < -0.4 is 0 Å². The number of rotatable bonds is 10. The van der Waals surface area contributed by atoms with Crippen molar-refractivity contribution in [1.29, 1.82) is 0 Å². The Morgan fingerprint density at radius 1 is 0.951 bits per heavy atom. The first-order valence-electron chi connectivity index (χ1n) is 14.3. The molecule has 2 heterocycles. The molecule has 0 aromatic heterocycles. The zero-order valence-corrected chi connectivity index (χ0v) is 24.5. The van der Waals surface area contributed by atoms with E-state index < -0.39 is 80.7 Å².